The first-order chi connectivity index (χ1) is 7.91. The quantitative estimate of drug-likeness (QED) is 0.712. The summed E-state index contributed by atoms with van der Waals surface area (Å²) in [7, 11) is 1.85. The molecule has 0 aromatic carbocycles. The Balaban J connectivity index is 2.29. The summed E-state index contributed by atoms with van der Waals surface area (Å²) in [6, 6.07) is 0. The number of hydrogen-bond donors (Lipinski definition) is 0. The van der Waals surface area contributed by atoms with E-state index in [1.807, 2.05) is 20.9 Å². The number of imide groups is 1. The first-order valence-electron chi connectivity index (χ1n) is 5.45. The molecular weight excluding hydrogens is 218 g/mol. The van der Waals surface area contributed by atoms with Gasteiger partial charge in [-0.25, -0.2) is 0 Å². The molecular formula is C12H15N3O2. The van der Waals surface area contributed by atoms with E-state index in [4.69, 9.17) is 0 Å². The molecule has 1 aliphatic heterocycles. The third-order valence-electron chi connectivity index (χ3n) is 3.16. The van der Waals surface area contributed by atoms with E-state index in [0.717, 1.165) is 17.0 Å². The number of carbonyl (C=O) groups excluding carboxylic acids is 2. The summed E-state index contributed by atoms with van der Waals surface area (Å²) in [5.74, 6) is -0.451. The highest BCUT2D eigenvalue weighted by molar-refractivity contribution is 6.15. The van der Waals surface area contributed by atoms with E-state index < -0.39 is 0 Å². The molecule has 0 radical (unpaired) electrons. The van der Waals surface area contributed by atoms with Crippen molar-refractivity contribution in [1.29, 1.82) is 0 Å². The van der Waals surface area contributed by atoms with Crippen LogP contribution in [0.25, 0.3) is 0 Å². The van der Waals surface area contributed by atoms with Crippen molar-refractivity contribution in [2.45, 2.75) is 27.3 Å². The number of amides is 2. The summed E-state index contributed by atoms with van der Waals surface area (Å²) in [4.78, 5) is 24.6. The average molecular weight is 233 g/mol. The lowest BCUT2D eigenvalue weighted by Gasteiger charge is -2.14. The highest BCUT2D eigenvalue weighted by Gasteiger charge is 2.29. The van der Waals surface area contributed by atoms with E-state index >= 15 is 0 Å². The fourth-order valence-electron chi connectivity index (χ4n) is 1.99. The number of carbonyl (C=O) groups is 2. The summed E-state index contributed by atoms with van der Waals surface area (Å²) in [5.41, 5.74) is 3.27. The van der Waals surface area contributed by atoms with E-state index in [1.54, 1.807) is 11.6 Å². The number of rotatable bonds is 2. The lowest BCUT2D eigenvalue weighted by atomic mass is 10.2. The zero-order chi connectivity index (χ0) is 12.7. The minimum Gasteiger partial charge on any atom is -0.272 e. The SMILES string of the molecule is CC1=CC(=O)N(Cc2c(C)nn(C)c2C)C1=O. The van der Waals surface area contributed by atoms with Gasteiger partial charge in [-0.2, -0.15) is 5.10 Å². The largest absolute Gasteiger partial charge is 0.272 e. The summed E-state index contributed by atoms with van der Waals surface area (Å²) < 4.78 is 1.76. The van der Waals surface area contributed by atoms with Crippen LogP contribution in [0.1, 0.15) is 23.9 Å². The molecule has 0 aliphatic carbocycles. The molecule has 17 heavy (non-hydrogen) atoms. The van der Waals surface area contributed by atoms with Crippen LogP contribution in [0.3, 0.4) is 0 Å². The molecule has 90 valence electrons. The lowest BCUT2D eigenvalue weighted by Crippen LogP contribution is -2.30. The highest BCUT2D eigenvalue weighted by Crippen LogP contribution is 2.19. The molecule has 1 aromatic heterocycles. The Morgan fingerprint density at radius 1 is 1.24 bits per heavy atom. The second-order valence-corrected chi connectivity index (χ2v) is 4.33. The number of aromatic nitrogens is 2. The molecule has 0 bridgehead atoms. The van der Waals surface area contributed by atoms with E-state index in [-0.39, 0.29) is 11.8 Å². The second-order valence-electron chi connectivity index (χ2n) is 4.33. The lowest BCUT2D eigenvalue weighted by molar-refractivity contribution is -0.137. The molecule has 5 heteroatoms. The van der Waals surface area contributed by atoms with Gasteiger partial charge in [0.05, 0.1) is 12.2 Å². The summed E-state index contributed by atoms with van der Waals surface area (Å²) >= 11 is 0. The molecule has 1 aromatic rings. The molecule has 5 nitrogen and oxygen atoms in total. The smallest absolute Gasteiger partial charge is 0.256 e. The van der Waals surface area contributed by atoms with Crippen LogP contribution in [0.5, 0.6) is 0 Å². The van der Waals surface area contributed by atoms with Crippen LogP contribution in [0.15, 0.2) is 11.6 Å². The Morgan fingerprint density at radius 3 is 2.29 bits per heavy atom. The van der Waals surface area contributed by atoms with Gasteiger partial charge < -0.3 is 0 Å². The monoisotopic (exact) mass is 233 g/mol. The van der Waals surface area contributed by atoms with Crippen molar-refractivity contribution in [2.75, 3.05) is 0 Å². The van der Waals surface area contributed by atoms with Crippen LogP contribution in [0, 0.1) is 13.8 Å². The van der Waals surface area contributed by atoms with Gasteiger partial charge in [0.2, 0.25) is 0 Å². The minimum atomic E-state index is -0.241. The van der Waals surface area contributed by atoms with Crippen molar-refractivity contribution in [3.8, 4) is 0 Å². The van der Waals surface area contributed by atoms with Crippen LogP contribution in [0.2, 0.25) is 0 Å². The maximum Gasteiger partial charge on any atom is 0.256 e. The third kappa shape index (κ3) is 1.77. The zero-order valence-corrected chi connectivity index (χ0v) is 10.4. The molecule has 0 spiro atoms. The summed E-state index contributed by atoms with van der Waals surface area (Å²) in [6.07, 6.45) is 1.38. The van der Waals surface area contributed by atoms with E-state index in [1.165, 1.54) is 11.0 Å². The van der Waals surface area contributed by atoms with E-state index in [2.05, 4.69) is 5.10 Å². The summed E-state index contributed by atoms with van der Waals surface area (Å²) in [6.45, 7) is 5.77. The molecule has 0 N–H and O–H groups in total. The van der Waals surface area contributed by atoms with Gasteiger partial charge in [0.1, 0.15) is 0 Å². The van der Waals surface area contributed by atoms with Crippen LogP contribution in [0.4, 0.5) is 0 Å². The minimum absolute atomic E-state index is 0.211. The Morgan fingerprint density at radius 2 is 1.88 bits per heavy atom. The van der Waals surface area contributed by atoms with Gasteiger partial charge in [-0.3, -0.25) is 19.2 Å². The van der Waals surface area contributed by atoms with Crippen molar-refractivity contribution in [2.24, 2.45) is 7.05 Å². The van der Waals surface area contributed by atoms with Gasteiger partial charge in [0, 0.05) is 30.0 Å². The topological polar surface area (TPSA) is 55.2 Å². The zero-order valence-electron chi connectivity index (χ0n) is 10.4. The Bertz CT molecular complexity index is 540. The highest BCUT2D eigenvalue weighted by atomic mass is 16.2. The van der Waals surface area contributed by atoms with Crippen LogP contribution >= 0.6 is 0 Å². The summed E-state index contributed by atoms with van der Waals surface area (Å²) in [5, 5.41) is 4.27. The van der Waals surface area contributed by atoms with Gasteiger partial charge in [0.15, 0.2) is 0 Å². The maximum atomic E-state index is 11.8. The van der Waals surface area contributed by atoms with Gasteiger partial charge in [-0.15, -0.1) is 0 Å². The first kappa shape index (κ1) is 11.6. The molecule has 0 saturated heterocycles. The van der Waals surface area contributed by atoms with Gasteiger partial charge in [0.25, 0.3) is 11.8 Å². The molecule has 2 amide bonds. The Labute approximate surface area is 99.7 Å². The normalized spacial score (nSPS) is 15.8. The molecule has 0 fully saturated rings. The van der Waals surface area contributed by atoms with Crippen LogP contribution in [-0.2, 0) is 23.2 Å². The number of aryl methyl sites for hydroxylation is 2. The molecule has 0 unspecified atom stereocenters. The van der Waals surface area contributed by atoms with Crippen molar-refractivity contribution in [3.63, 3.8) is 0 Å². The standard InChI is InChI=1S/C12H15N3O2/c1-7-5-11(16)15(12(7)17)6-10-8(2)13-14(4)9(10)3/h5H,6H2,1-4H3. The first-order valence-corrected chi connectivity index (χ1v) is 5.45. The third-order valence-corrected chi connectivity index (χ3v) is 3.16. The van der Waals surface area contributed by atoms with Crippen LogP contribution in [-0.4, -0.2) is 26.5 Å². The molecule has 2 rings (SSSR count). The number of nitrogens with zero attached hydrogens (tertiary/aromatic N) is 3. The average Bonchev–Trinajstić information content (AvgIpc) is 2.62. The van der Waals surface area contributed by atoms with Crippen molar-refractivity contribution in [3.05, 3.63) is 28.6 Å². The second kappa shape index (κ2) is 3.84. The fraction of sp³-hybridized carbons (Fsp3) is 0.417. The molecule has 1 aliphatic rings. The van der Waals surface area contributed by atoms with Crippen LogP contribution < -0.4 is 0 Å². The maximum absolute atomic E-state index is 11.8. The molecule has 0 saturated carbocycles. The molecule has 2 heterocycles. The molecule has 0 atom stereocenters. The Hall–Kier alpha value is -1.91. The van der Waals surface area contributed by atoms with Gasteiger partial charge in [-0.05, 0) is 20.8 Å². The predicted molar refractivity (Wildman–Crippen MR) is 62.0 cm³/mol. The Kier molecular flexibility index (Phi) is 2.61. The number of hydrogen-bond acceptors (Lipinski definition) is 3. The predicted octanol–water partition coefficient (Wildman–Crippen LogP) is 0.852. The fourth-order valence-corrected chi connectivity index (χ4v) is 1.99. The van der Waals surface area contributed by atoms with E-state index in [0.29, 0.717) is 12.1 Å². The van der Waals surface area contributed by atoms with Crippen molar-refractivity contribution >= 4 is 11.8 Å². The van der Waals surface area contributed by atoms with Crippen molar-refractivity contribution < 1.29 is 9.59 Å². The van der Waals surface area contributed by atoms with Gasteiger partial charge >= 0.3 is 0 Å². The van der Waals surface area contributed by atoms with Gasteiger partial charge in [-0.1, -0.05) is 0 Å². The van der Waals surface area contributed by atoms with Crippen molar-refractivity contribution in [1.82, 2.24) is 14.7 Å². The van der Waals surface area contributed by atoms with E-state index in [9.17, 15) is 9.59 Å².